The molecule has 1 aromatic rings. The molecule has 17 heavy (non-hydrogen) atoms. The maximum absolute atomic E-state index is 11.1. The number of nitrogens with one attached hydrogen (secondary N) is 1. The van der Waals surface area contributed by atoms with E-state index in [1.54, 1.807) is 0 Å². The third kappa shape index (κ3) is 3.22. The van der Waals surface area contributed by atoms with E-state index in [2.05, 4.69) is 17.4 Å². The molecule has 1 aliphatic heterocycles. The topological polar surface area (TPSA) is 55.4 Å². The first-order valence-electron chi connectivity index (χ1n) is 5.70. The van der Waals surface area contributed by atoms with Gasteiger partial charge in [0.05, 0.1) is 12.6 Å². The van der Waals surface area contributed by atoms with Crippen LogP contribution >= 0.6 is 0 Å². The maximum atomic E-state index is 11.1. The lowest BCUT2D eigenvalue weighted by molar-refractivity contribution is -0.131. The van der Waals surface area contributed by atoms with E-state index >= 15 is 0 Å². The van der Waals surface area contributed by atoms with Crippen LogP contribution in [0, 0.1) is 0 Å². The largest absolute Gasteiger partial charge is 0.361 e. The summed E-state index contributed by atoms with van der Waals surface area (Å²) in [4.78, 5) is 21.5. The van der Waals surface area contributed by atoms with E-state index in [1.807, 2.05) is 18.2 Å². The number of Topliss-reactive ketones (excluding diaryl/α,β-unsaturated/α-hetero) is 1. The van der Waals surface area contributed by atoms with E-state index in [1.165, 1.54) is 5.56 Å². The summed E-state index contributed by atoms with van der Waals surface area (Å²) in [6, 6.07) is 9.63. The van der Waals surface area contributed by atoms with Gasteiger partial charge in [0.15, 0.2) is 6.29 Å². The summed E-state index contributed by atoms with van der Waals surface area (Å²) in [6.07, 6.45) is 1.90. The molecule has 0 amide bonds. The van der Waals surface area contributed by atoms with Crippen LogP contribution in [0.5, 0.6) is 0 Å². The van der Waals surface area contributed by atoms with Gasteiger partial charge in [-0.05, 0) is 18.4 Å². The highest BCUT2D eigenvalue weighted by Crippen LogP contribution is 2.11. The van der Waals surface area contributed by atoms with Gasteiger partial charge in [-0.2, -0.15) is 0 Å². The molecule has 4 nitrogen and oxygen atoms in total. The minimum absolute atomic E-state index is 0.135. The van der Waals surface area contributed by atoms with Gasteiger partial charge in [0.25, 0.3) is 0 Å². The summed E-state index contributed by atoms with van der Waals surface area (Å²) >= 11 is 0. The van der Waals surface area contributed by atoms with Crippen molar-refractivity contribution in [2.45, 2.75) is 25.1 Å². The Bertz CT molecular complexity index is 391. The second-order valence-corrected chi connectivity index (χ2v) is 4.09. The number of aldehydes is 1. The van der Waals surface area contributed by atoms with Gasteiger partial charge < -0.3 is 4.74 Å². The summed E-state index contributed by atoms with van der Waals surface area (Å²) in [5.74, 6) is -0.438. The van der Waals surface area contributed by atoms with Crippen LogP contribution in [0.2, 0.25) is 0 Å². The summed E-state index contributed by atoms with van der Waals surface area (Å²) in [5.41, 5.74) is 1.24. The third-order valence-electron chi connectivity index (χ3n) is 2.85. The number of rotatable bonds is 5. The molecule has 2 rings (SSSR count). The molecule has 1 aliphatic rings. The van der Waals surface area contributed by atoms with Gasteiger partial charge in [-0.3, -0.25) is 14.9 Å². The summed E-state index contributed by atoms with van der Waals surface area (Å²) in [6.45, 7) is 0.289. The van der Waals surface area contributed by atoms with Crippen molar-refractivity contribution in [3.63, 3.8) is 0 Å². The van der Waals surface area contributed by atoms with E-state index in [4.69, 9.17) is 4.74 Å². The fourth-order valence-electron chi connectivity index (χ4n) is 1.89. The van der Waals surface area contributed by atoms with Crippen molar-refractivity contribution in [2.75, 3.05) is 6.61 Å². The van der Waals surface area contributed by atoms with Crippen molar-refractivity contribution in [1.29, 1.82) is 0 Å². The van der Waals surface area contributed by atoms with Crippen LogP contribution in [-0.4, -0.2) is 30.9 Å². The van der Waals surface area contributed by atoms with Crippen molar-refractivity contribution in [2.24, 2.45) is 0 Å². The number of ether oxygens (including phenoxy) is 1. The number of carbonyl (C=O) groups is 2. The fraction of sp³-hybridized carbons (Fsp3) is 0.385. The Labute approximate surface area is 100.0 Å². The molecule has 1 fully saturated rings. The summed E-state index contributed by atoms with van der Waals surface area (Å²) in [7, 11) is 0. The Morgan fingerprint density at radius 1 is 1.41 bits per heavy atom. The molecule has 1 N–H and O–H groups in total. The zero-order valence-corrected chi connectivity index (χ0v) is 9.46. The Kier molecular flexibility index (Phi) is 4.01. The van der Waals surface area contributed by atoms with Crippen molar-refractivity contribution in [3.8, 4) is 0 Å². The number of benzene rings is 1. The summed E-state index contributed by atoms with van der Waals surface area (Å²) < 4.78 is 5.42. The first-order valence-corrected chi connectivity index (χ1v) is 5.70. The Morgan fingerprint density at radius 3 is 2.88 bits per heavy atom. The first-order chi connectivity index (χ1) is 8.29. The molecule has 0 bridgehead atoms. The van der Waals surface area contributed by atoms with Crippen LogP contribution in [0.1, 0.15) is 12.0 Å². The molecule has 90 valence electrons. The number of carbonyl (C=O) groups excluding carboxylic acids is 2. The molecule has 2 unspecified atom stereocenters. The normalized spacial score (nSPS) is 23.5. The number of hydrogen-bond acceptors (Lipinski definition) is 4. The van der Waals surface area contributed by atoms with Crippen LogP contribution in [0.15, 0.2) is 30.3 Å². The molecular formula is C13H15NO3. The van der Waals surface area contributed by atoms with Gasteiger partial charge in [-0.15, -0.1) is 0 Å². The van der Waals surface area contributed by atoms with Crippen LogP contribution in [0.25, 0.3) is 0 Å². The van der Waals surface area contributed by atoms with Gasteiger partial charge in [0.2, 0.25) is 5.78 Å². The van der Waals surface area contributed by atoms with Gasteiger partial charge in [0.1, 0.15) is 6.23 Å². The highest BCUT2D eigenvalue weighted by Gasteiger charge is 2.28. The second kappa shape index (κ2) is 5.70. The third-order valence-corrected chi connectivity index (χ3v) is 2.85. The second-order valence-electron chi connectivity index (χ2n) is 4.09. The van der Waals surface area contributed by atoms with Gasteiger partial charge in [-0.1, -0.05) is 30.3 Å². The fourth-order valence-corrected chi connectivity index (χ4v) is 1.89. The minimum Gasteiger partial charge on any atom is -0.361 e. The number of hydrogen-bond donors (Lipinski definition) is 1. The minimum atomic E-state index is -0.465. The molecular weight excluding hydrogens is 218 g/mol. The monoisotopic (exact) mass is 233 g/mol. The average molecular weight is 233 g/mol. The van der Waals surface area contributed by atoms with E-state index in [0.29, 0.717) is 6.29 Å². The van der Waals surface area contributed by atoms with Crippen molar-refractivity contribution < 1.29 is 14.3 Å². The Morgan fingerprint density at radius 2 is 2.18 bits per heavy atom. The lowest BCUT2D eigenvalue weighted by Crippen LogP contribution is -2.37. The zero-order valence-electron chi connectivity index (χ0n) is 9.46. The van der Waals surface area contributed by atoms with E-state index < -0.39 is 11.8 Å². The van der Waals surface area contributed by atoms with Gasteiger partial charge in [0, 0.05) is 0 Å². The lowest BCUT2D eigenvalue weighted by atomic mass is 10.1. The lowest BCUT2D eigenvalue weighted by Gasteiger charge is -2.10. The smallest absolute Gasteiger partial charge is 0.214 e. The van der Waals surface area contributed by atoms with Crippen LogP contribution in [0.3, 0.4) is 0 Å². The van der Waals surface area contributed by atoms with Crippen molar-refractivity contribution in [3.05, 3.63) is 35.9 Å². The molecule has 0 spiro atoms. The predicted molar refractivity (Wildman–Crippen MR) is 62.5 cm³/mol. The quantitative estimate of drug-likeness (QED) is 0.601. The highest BCUT2D eigenvalue weighted by atomic mass is 16.5. The predicted octanol–water partition coefficient (Wildman–Crippen LogP) is 0.702. The van der Waals surface area contributed by atoms with Crippen molar-refractivity contribution in [1.82, 2.24) is 5.32 Å². The molecule has 0 radical (unpaired) electrons. The van der Waals surface area contributed by atoms with Gasteiger partial charge >= 0.3 is 0 Å². The Hall–Kier alpha value is -1.52. The average Bonchev–Trinajstić information content (AvgIpc) is 2.85. The van der Waals surface area contributed by atoms with Gasteiger partial charge in [-0.25, -0.2) is 0 Å². The van der Waals surface area contributed by atoms with Crippen LogP contribution in [0.4, 0.5) is 0 Å². The van der Waals surface area contributed by atoms with E-state index in [-0.39, 0.29) is 12.8 Å². The Balaban J connectivity index is 1.79. The molecule has 1 saturated heterocycles. The first kappa shape index (κ1) is 12.0. The molecule has 0 saturated carbocycles. The number of aryl methyl sites for hydroxylation is 1. The zero-order chi connectivity index (χ0) is 12.1. The molecule has 0 aromatic heterocycles. The summed E-state index contributed by atoms with van der Waals surface area (Å²) in [5, 5.41) is 3.01. The maximum Gasteiger partial charge on any atom is 0.214 e. The van der Waals surface area contributed by atoms with Crippen LogP contribution < -0.4 is 5.32 Å². The molecule has 1 aromatic carbocycles. The molecule has 4 heteroatoms. The van der Waals surface area contributed by atoms with E-state index in [9.17, 15) is 9.59 Å². The molecule has 0 aliphatic carbocycles. The highest BCUT2D eigenvalue weighted by molar-refractivity contribution is 6.27. The molecule has 2 atom stereocenters. The van der Waals surface area contributed by atoms with E-state index in [0.717, 1.165) is 12.8 Å². The SMILES string of the molecule is O=CC(=O)C1COC(CCc2ccccc2)N1. The van der Waals surface area contributed by atoms with Crippen molar-refractivity contribution >= 4 is 12.1 Å². The number of ketones is 1. The standard InChI is InChI=1S/C13H15NO3/c15-8-12(16)11-9-17-13(14-11)7-6-10-4-2-1-3-5-10/h1-5,8,11,13-14H,6-7,9H2. The molecule has 1 heterocycles. The van der Waals surface area contributed by atoms with Crippen LogP contribution in [-0.2, 0) is 20.7 Å².